The first-order valence-electron chi connectivity index (χ1n) is 6.63. The van der Waals surface area contributed by atoms with Crippen molar-refractivity contribution in [3.05, 3.63) is 34.9 Å². The maximum atomic E-state index is 11.6. The van der Waals surface area contributed by atoms with Gasteiger partial charge in [0.15, 0.2) is 0 Å². The van der Waals surface area contributed by atoms with E-state index in [9.17, 15) is 4.79 Å². The van der Waals surface area contributed by atoms with E-state index >= 15 is 0 Å². The number of carbonyl (C=O) groups is 1. The average Bonchev–Trinajstić information content (AvgIpc) is 2.29. The zero-order valence-electron chi connectivity index (χ0n) is 11.9. The molecule has 0 aliphatic carbocycles. The summed E-state index contributed by atoms with van der Waals surface area (Å²) in [7, 11) is 0. The minimum absolute atomic E-state index is 0.0893. The quantitative estimate of drug-likeness (QED) is 0.788. The van der Waals surface area contributed by atoms with Crippen LogP contribution in [-0.4, -0.2) is 24.5 Å². The van der Waals surface area contributed by atoms with E-state index in [0.29, 0.717) is 13.0 Å². The highest BCUT2D eigenvalue weighted by Gasteiger charge is 2.12. The molecule has 0 aromatic heterocycles. The lowest BCUT2D eigenvalue weighted by atomic mass is 10.1. The molecule has 1 aromatic carbocycles. The number of halogens is 1. The molecule has 1 aromatic rings. The molecule has 0 fully saturated rings. The van der Waals surface area contributed by atoms with Crippen LogP contribution in [0.5, 0.6) is 0 Å². The summed E-state index contributed by atoms with van der Waals surface area (Å²) in [4.78, 5) is 11.6. The molecule has 3 nitrogen and oxygen atoms in total. The van der Waals surface area contributed by atoms with Crippen LogP contribution in [-0.2, 0) is 11.2 Å². The fraction of sp³-hybridized carbons (Fsp3) is 0.533. The van der Waals surface area contributed by atoms with Gasteiger partial charge in [0.25, 0.3) is 0 Å². The van der Waals surface area contributed by atoms with Crippen LogP contribution in [0.3, 0.4) is 0 Å². The zero-order valence-corrected chi connectivity index (χ0v) is 12.7. The highest BCUT2D eigenvalue weighted by atomic mass is 35.5. The molecule has 0 saturated carbocycles. The summed E-state index contributed by atoms with van der Waals surface area (Å²) in [5.74, 6) is 0.0893. The highest BCUT2D eigenvalue weighted by molar-refractivity contribution is 6.30. The lowest BCUT2D eigenvalue weighted by Crippen LogP contribution is -2.41. The van der Waals surface area contributed by atoms with Crippen molar-refractivity contribution in [2.45, 2.75) is 39.2 Å². The Morgan fingerprint density at radius 2 is 1.79 bits per heavy atom. The van der Waals surface area contributed by atoms with Gasteiger partial charge in [0.1, 0.15) is 0 Å². The Hall–Kier alpha value is -1.06. The smallest absolute Gasteiger partial charge is 0.221 e. The topological polar surface area (TPSA) is 41.1 Å². The first-order chi connectivity index (χ1) is 8.87. The van der Waals surface area contributed by atoms with Crippen LogP contribution in [0.1, 0.15) is 32.8 Å². The standard InChI is InChI=1S/C15H23ClN2O/c1-15(2,3)18-14(19)9-11-17-10-8-12-4-6-13(16)7-5-12/h4-7,17H,8-11H2,1-3H3,(H,18,19). The minimum Gasteiger partial charge on any atom is -0.351 e. The van der Waals surface area contributed by atoms with Gasteiger partial charge in [-0.25, -0.2) is 0 Å². The number of benzene rings is 1. The number of hydrogen-bond donors (Lipinski definition) is 2. The summed E-state index contributed by atoms with van der Waals surface area (Å²) in [6, 6.07) is 7.84. The van der Waals surface area contributed by atoms with Gasteiger partial charge in [-0.15, -0.1) is 0 Å². The number of rotatable bonds is 6. The summed E-state index contributed by atoms with van der Waals surface area (Å²) < 4.78 is 0. The van der Waals surface area contributed by atoms with Gasteiger partial charge < -0.3 is 10.6 Å². The molecule has 0 atom stereocenters. The van der Waals surface area contributed by atoms with Crippen molar-refractivity contribution in [2.24, 2.45) is 0 Å². The predicted molar refractivity (Wildman–Crippen MR) is 80.5 cm³/mol. The Labute approximate surface area is 120 Å². The lowest BCUT2D eigenvalue weighted by molar-refractivity contribution is -0.122. The summed E-state index contributed by atoms with van der Waals surface area (Å²) in [5, 5.41) is 6.97. The maximum absolute atomic E-state index is 11.6. The molecule has 0 aliphatic heterocycles. The largest absolute Gasteiger partial charge is 0.351 e. The van der Waals surface area contributed by atoms with E-state index < -0.39 is 0 Å². The van der Waals surface area contributed by atoms with E-state index in [1.165, 1.54) is 5.56 Å². The predicted octanol–water partition coefficient (Wildman–Crippen LogP) is 2.78. The fourth-order valence-electron chi connectivity index (χ4n) is 1.69. The van der Waals surface area contributed by atoms with Crippen molar-refractivity contribution in [2.75, 3.05) is 13.1 Å². The Balaban J connectivity index is 2.11. The maximum Gasteiger partial charge on any atom is 0.221 e. The number of amides is 1. The van der Waals surface area contributed by atoms with E-state index in [1.54, 1.807) is 0 Å². The van der Waals surface area contributed by atoms with Crippen LogP contribution < -0.4 is 10.6 Å². The van der Waals surface area contributed by atoms with E-state index in [2.05, 4.69) is 10.6 Å². The van der Waals surface area contributed by atoms with Gasteiger partial charge in [0.2, 0.25) is 5.91 Å². The first kappa shape index (κ1) is 16.0. The van der Waals surface area contributed by atoms with Gasteiger partial charge in [-0.2, -0.15) is 0 Å². The van der Waals surface area contributed by atoms with Gasteiger partial charge >= 0.3 is 0 Å². The summed E-state index contributed by atoms with van der Waals surface area (Å²) >= 11 is 5.82. The summed E-state index contributed by atoms with van der Waals surface area (Å²) in [5.41, 5.74) is 1.09. The number of carbonyl (C=O) groups excluding carboxylic acids is 1. The highest BCUT2D eigenvalue weighted by Crippen LogP contribution is 2.09. The van der Waals surface area contributed by atoms with Gasteiger partial charge in [0.05, 0.1) is 0 Å². The Kier molecular flexibility index (Phi) is 6.32. The van der Waals surface area contributed by atoms with Crippen molar-refractivity contribution in [1.82, 2.24) is 10.6 Å². The van der Waals surface area contributed by atoms with Gasteiger partial charge in [-0.3, -0.25) is 4.79 Å². The van der Waals surface area contributed by atoms with Crippen LogP contribution >= 0.6 is 11.6 Å². The fourth-order valence-corrected chi connectivity index (χ4v) is 1.82. The van der Waals surface area contributed by atoms with Crippen LogP contribution in [0.15, 0.2) is 24.3 Å². The molecule has 0 saturated heterocycles. The third kappa shape index (κ3) is 7.85. The zero-order chi connectivity index (χ0) is 14.3. The van der Waals surface area contributed by atoms with Crippen LogP contribution in [0.25, 0.3) is 0 Å². The van der Waals surface area contributed by atoms with Crippen molar-refractivity contribution >= 4 is 17.5 Å². The molecule has 0 spiro atoms. The normalized spacial score (nSPS) is 11.4. The first-order valence-corrected chi connectivity index (χ1v) is 7.01. The molecule has 0 unspecified atom stereocenters. The number of nitrogens with one attached hydrogen (secondary N) is 2. The van der Waals surface area contributed by atoms with Crippen molar-refractivity contribution < 1.29 is 4.79 Å². The minimum atomic E-state index is -0.152. The molecule has 0 radical (unpaired) electrons. The van der Waals surface area contributed by atoms with Crippen molar-refractivity contribution in [1.29, 1.82) is 0 Å². The van der Waals surface area contributed by atoms with Crippen LogP contribution in [0.4, 0.5) is 0 Å². The van der Waals surface area contributed by atoms with Gasteiger partial charge in [-0.05, 0) is 51.4 Å². The molecule has 1 rings (SSSR count). The lowest BCUT2D eigenvalue weighted by Gasteiger charge is -2.20. The van der Waals surface area contributed by atoms with E-state index in [4.69, 9.17) is 11.6 Å². The monoisotopic (exact) mass is 282 g/mol. The van der Waals surface area contributed by atoms with E-state index in [0.717, 1.165) is 18.0 Å². The second-order valence-electron chi connectivity index (χ2n) is 5.67. The third-order valence-electron chi connectivity index (χ3n) is 2.55. The molecule has 0 heterocycles. The molecule has 1 amide bonds. The molecule has 19 heavy (non-hydrogen) atoms. The van der Waals surface area contributed by atoms with E-state index in [-0.39, 0.29) is 11.4 Å². The van der Waals surface area contributed by atoms with Crippen LogP contribution in [0, 0.1) is 0 Å². The Bertz CT molecular complexity index is 396. The molecular formula is C15H23ClN2O. The second kappa shape index (κ2) is 7.51. The second-order valence-corrected chi connectivity index (χ2v) is 6.11. The number of hydrogen-bond acceptors (Lipinski definition) is 2. The Morgan fingerprint density at radius 3 is 2.37 bits per heavy atom. The average molecular weight is 283 g/mol. The van der Waals surface area contributed by atoms with Gasteiger partial charge in [0, 0.05) is 23.5 Å². The molecule has 0 bridgehead atoms. The molecule has 0 aliphatic rings. The van der Waals surface area contributed by atoms with Gasteiger partial charge in [-0.1, -0.05) is 23.7 Å². The third-order valence-corrected chi connectivity index (χ3v) is 2.80. The van der Waals surface area contributed by atoms with E-state index in [1.807, 2.05) is 45.0 Å². The molecule has 4 heteroatoms. The molecular weight excluding hydrogens is 260 g/mol. The SMILES string of the molecule is CC(C)(C)NC(=O)CCNCCc1ccc(Cl)cc1. The molecule has 106 valence electrons. The van der Waals surface area contributed by atoms with Crippen molar-refractivity contribution in [3.63, 3.8) is 0 Å². The molecule has 2 N–H and O–H groups in total. The summed E-state index contributed by atoms with van der Waals surface area (Å²) in [6.07, 6.45) is 1.45. The van der Waals surface area contributed by atoms with Crippen LogP contribution in [0.2, 0.25) is 5.02 Å². The van der Waals surface area contributed by atoms with Crippen molar-refractivity contribution in [3.8, 4) is 0 Å². The Morgan fingerprint density at radius 1 is 1.16 bits per heavy atom. The summed E-state index contributed by atoms with van der Waals surface area (Å²) in [6.45, 7) is 7.52.